The van der Waals surface area contributed by atoms with Gasteiger partial charge in [-0.1, -0.05) is 11.6 Å². The summed E-state index contributed by atoms with van der Waals surface area (Å²) in [7, 11) is -0.365. The maximum absolute atomic E-state index is 14.2. The highest BCUT2D eigenvalue weighted by Gasteiger charge is 2.35. The predicted octanol–water partition coefficient (Wildman–Crippen LogP) is 2.42. The fourth-order valence-corrected chi connectivity index (χ4v) is 4.26. The first-order valence-electron chi connectivity index (χ1n) is 7.76. The molecule has 2 aromatic rings. The van der Waals surface area contributed by atoms with Gasteiger partial charge in [0.25, 0.3) is 0 Å². The van der Waals surface area contributed by atoms with Crippen molar-refractivity contribution < 1.29 is 17.5 Å². The van der Waals surface area contributed by atoms with E-state index in [9.17, 15) is 12.8 Å². The molecule has 2 atom stereocenters. The number of nitrogens with zero attached hydrogens (tertiary/aromatic N) is 3. The molecule has 1 fully saturated rings. The third-order valence-electron chi connectivity index (χ3n) is 4.34. The van der Waals surface area contributed by atoms with Gasteiger partial charge in [0.15, 0.2) is 0 Å². The van der Waals surface area contributed by atoms with Gasteiger partial charge in [0.2, 0.25) is 10.0 Å². The molecule has 1 aromatic heterocycles. The molecular weight excluding hydrogens is 369 g/mol. The Morgan fingerprint density at radius 1 is 1.40 bits per heavy atom. The van der Waals surface area contributed by atoms with Gasteiger partial charge in [0.05, 0.1) is 30.6 Å². The van der Waals surface area contributed by atoms with Crippen molar-refractivity contribution in [2.75, 3.05) is 33.1 Å². The van der Waals surface area contributed by atoms with Crippen molar-refractivity contribution in [2.24, 2.45) is 5.92 Å². The molecule has 6 nitrogen and oxygen atoms in total. The minimum Gasteiger partial charge on any atom is -0.379 e. The second-order valence-corrected chi connectivity index (χ2v) is 8.87. The zero-order valence-corrected chi connectivity index (χ0v) is 15.5. The molecule has 0 saturated carbocycles. The SMILES string of the molecule is CN(C)S(=O)(=O)C[C@@H]1COC[C@H]1n1ccnc1-c1cc(Cl)ccc1F. The number of rotatable bonds is 5. The molecule has 1 aliphatic heterocycles. The molecule has 0 N–H and O–H groups in total. The van der Waals surface area contributed by atoms with Crippen LogP contribution in [0.4, 0.5) is 4.39 Å². The highest BCUT2D eigenvalue weighted by molar-refractivity contribution is 7.89. The Balaban J connectivity index is 1.95. The summed E-state index contributed by atoms with van der Waals surface area (Å²) >= 11 is 5.98. The Hall–Kier alpha value is -1.48. The van der Waals surface area contributed by atoms with E-state index in [4.69, 9.17) is 16.3 Å². The molecule has 0 spiro atoms. The predicted molar refractivity (Wildman–Crippen MR) is 93.5 cm³/mol. The summed E-state index contributed by atoms with van der Waals surface area (Å²) in [6, 6.07) is 4.02. The van der Waals surface area contributed by atoms with Crippen molar-refractivity contribution >= 4 is 21.6 Å². The molecule has 9 heteroatoms. The average molecular weight is 388 g/mol. The number of ether oxygens (including phenoxy) is 1. The van der Waals surface area contributed by atoms with E-state index in [-0.39, 0.29) is 23.3 Å². The number of benzene rings is 1. The lowest BCUT2D eigenvalue weighted by atomic mass is 10.1. The maximum Gasteiger partial charge on any atom is 0.214 e. The van der Waals surface area contributed by atoms with Gasteiger partial charge < -0.3 is 9.30 Å². The Labute approximate surface area is 151 Å². The Bertz CT molecular complexity index is 869. The van der Waals surface area contributed by atoms with E-state index in [0.29, 0.717) is 24.1 Å². The van der Waals surface area contributed by atoms with E-state index in [1.54, 1.807) is 17.0 Å². The van der Waals surface area contributed by atoms with Gasteiger partial charge in [-0.25, -0.2) is 22.1 Å². The molecule has 0 unspecified atom stereocenters. The largest absolute Gasteiger partial charge is 0.379 e. The summed E-state index contributed by atoms with van der Waals surface area (Å²) in [6.45, 7) is 0.673. The van der Waals surface area contributed by atoms with E-state index in [1.807, 2.05) is 0 Å². The second kappa shape index (κ2) is 7.03. The van der Waals surface area contributed by atoms with Crippen LogP contribution in [-0.2, 0) is 14.8 Å². The number of halogens is 2. The van der Waals surface area contributed by atoms with Crippen LogP contribution < -0.4 is 0 Å². The molecule has 0 amide bonds. The Morgan fingerprint density at radius 3 is 2.88 bits per heavy atom. The van der Waals surface area contributed by atoms with E-state index >= 15 is 0 Å². The fourth-order valence-electron chi connectivity index (χ4n) is 2.93. The number of aromatic nitrogens is 2. The van der Waals surface area contributed by atoms with Crippen LogP contribution in [-0.4, -0.2) is 55.3 Å². The summed E-state index contributed by atoms with van der Waals surface area (Å²) in [6.07, 6.45) is 3.27. The van der Waals surface area contributed by atoms with E-state index in [0.717, 1.165) is 0 Å². The van der Waals surface area contributed by atoms with E-state index < -0.39 is 15.8 Å². The Kier molecular flexibility index (Phi) is 5.15. The van der Waals surface area contributed by atoms with Crippen molar-refractivity contribution in [1.29, 1.82) is 0 Å². The normalized spacial score (nSPS) is 21.2. The first-order valence-corrected chi connectivity index (χ1v) is 9.74. The van der Waals surface area contributed by atoms with Crippen LogP contribution in [0.25, 0.3) is 11.4 Å². The number of hydrogen-bond acceptors (Lipinski definition) is 4. The topological polar surface area (TPSA) is 64.4 Å². The molecule has 1 saturated heterocycles. The Morgan fingerprint density at radius 2 is 2.16 bits per heavy atom. The van der Waals surface area contributed by atoms with Crippen LogP contribution in [0.1, 0.15) is 6.04 Å². The molecule has 136 valence electrons. The van der Waals surface area contributed by atoms with Crippen molar-refractivity contribution in [3.05, 3.63) is 41.4 Å². The van der Waals surface area contributed by atoms with Gasteiger partial charge in [0.1, 0.15) is 11.6 Å². The van der Waals surface area contributed by atoms with Crippen LogP contribution >= 0.6 is 11.6 Å². The van der Waals surface area contributed by atoms with Crippen LogP contribution in [0.3, 0.4) is 0 Å². The average Bonchev–Trinajstić information content (AvgIpc) is 3.17. The van der Waals surface area contributed by atoms with E-state index in [2.05, 4.69) is 4.98 Å². The molecule has 0 bridgehead atoms. The van der Waals surface area contributed by atoms with Crippen LogP contribution in [0.15, 0.2) is 30.6 Å². The molecule has 0 aliphatic carbocycles. The van der Waals surface area contributed by atoms with Crippen molar-refractivity contribution in [2.45, 2.75) is 6.04 Å². The first kappa shape index (κ1) is 18.3. The molecule has 3 rings (SSSR count). The lowest BCUT2D eigenvalue weighted by molar-refractivity contribution is 0.182. The van der Waals surface area contributed by atoms with Crippen molar-refractivity contribution in [1.82, 2.24) is 13.9 Å². The number of sulfonamides is 1. The smallest absolute Gasteiger partial charge is 0.214 e. The highest BCUT2D eigenvalue weighted by Crippen LogP contribution is 2.33. The van der Waals surface area contributed by atoms with Crippen molar-refractivity contribution in [3.63, 3.8) is 0 Å². The number of hydrogen-bond donors (Lipinski definition) is 0. The zero-order valence-electron chi connectivity index (χ0n) is 13.9. The zero-order chi connectivity index (χ0) is 18.2. The quantitative estimate of drug-likeness (QED) is 0.790. The minimum atomic E-state index is -3.37. The standard InChI is InChI=1S/C16H19ClFN3O3S/c1-20(2)25(22,23)10-11-8-24-9-15(11)21-6-5-19-16(21)13-7-12(17)3-4-14(13)18/h3-7,11,15H,8-10H2,1-2H3/t11-,15+/m0/s1. The number of imidazole rings is 1. The van der Waals surface area contributed by atoms with Crippen LogP contribution in [0, 0.1) is 11.7 Å². The molecule has 2 heterocycles. The van der Waals surface area contributed by atoms with Gasteiger partial charge in [-0.2, -0.15) is 0 Å². The van der Waals surface area contributed by atoms with Gasteiger partial charge in [-0.3, -0.25) is 0 Å². The first-order chi connectivity index (χ1) is 11.8. The lowest BCUT2D eigenvalue weighted by Crippen LogP contribution is -2.32. The van der Waals surface area contributed by atoms with Crippen LogP contribution in [0.5, 0.6) is 0 Å². The summed E-state index contributed by atoms with van der Waals surface area (Å²) in [4.78, 5) is 4.25. The second-order valence-electron chi connectivity index (χ2n) is 6.21. The molecule has 25 heavy (non-hydrogen) atoms. The summed E-state index contributed by atoms with van der Waals surface area (Å²) < 4.78 is 47.2. The van der Waals surface area contributed by atoms with Gasteiger partial charge in [0, 0.05) is 37.4 Å². The van der Waals surface area contributed by atoms with E-state index in [1.165, 1.54) is 36.6 Å². The van der Waals surface area contributed by atoms with Gasteiger partial charge >= 0.3 is 0 Å². The third-order valence-corrected chi connectivity index (χ3v) is 6.54. The monoisotopic (exact) mass is 387 g/mol. The molecule has 1 aromatic carbocycles. The molecular formula is C16H19ClFN3O3S. The summed E-state index contributed by atoms with van der Waals surface area (Å²) in [5, 5.41) is 0.403. The van der Waals surface area contributed by atoms with Gasteiger partial charge in [-0.05, 0) is 18.2 Å². The van der Waals surface area contributed by atoms with Crippen LogP contribution in [0.2, 0.25) is 5.02 Å². The van der Waals surface area contributed by atoms with Gasteiger partial charge in [-0.15, -0.1) is 0 Å². The molecule has 1 aliphatic rings. The fraction of sp³-hybridized carbons (Fsp3) is 0.438. The summed E-state index contributed by atoms with van der Waals surface area (Å²) in [5.41, 5.74) is 0.276. The van der Waals surface area contributed by atoms with Crippen molar-refractivity contribution in [3.8, 4) is 11.4 Å². The maximum atomic E-state index is 14.2. The minimum absolute atomic E-state index is 0.0414. The summed E-state index contributed by atoms with van der Waals surface area (Å²) in [5.74, 6) is -0.320. The third kappa shape index (κ3) is 3.72. The highest BCUT2D eigenvalue weighted by atomic mass is 35.5. The lowest BCUT2D eigenvalue weighted by Gasteiger charge is -2.22. The molecule has 0 radical (unpaired) electrons.